The summed E-state index contributed by atoms with van der Waals surface area (Å²) in [5.41, 5.74) is 0.941. The van der Waals surface area contributed by atoms with E-state index in [1.807, 2.05) is 0 Å². The number of nitrogens with zero attached hydrogens (tertiary/aromatic N) is 2. The van der Waals surface area contributed by atoms with E-state index >= 15 is 0 Å². The Labute approximate surface area is 125 Å². The Balaban J connectivity index is 2.13. The molecule has 0 aromatic carbocycles. The van der Waals surface area contributed by atoms with E-state index < -0.39 is 17.9 Å². The van der Waals surface area contributed by atoms with Gasteiger partial charge in [0, 0.05) is 30.7 Å². The molecule has 110 valence electrons. The van der Waals surface area contributed by atoms with E-state index in [1.165, 1.54) is 31.9 Å². The second-order valence-electron chi connectivity index (χ2n) is 4.19. The summed E-state index contributed by atoms with van der Waals surface area (Å²) in [5, 5.41) is 2.80. The van der Waals surface area contributed by atoms with E-state index in [9.17, 15) is 9.59 Å². The highest BCUT2D eigenvalue weighted by molar-refractivity contribution is 6.33. The third kappa shape index (κ3) is 3.79. The third-order valence-electron chi connectivity index (χ3n) is 2.79. The minimum Gasteiger partial charge on any atom is -0.467 e. The molecule has 2 aromatic heterocycles. The van der Waals surface area contributed by atoms with Crippen molar-refractivity contribution in [2.75, 3.05) is 7.11 Å². The summed E-state index contributed by atoms with van der Waals surface area (Å²) in [5.74, 6) is -1.03. The molecule has 0 aliphatic heterocycles. The molecule has 2 heterocycles. The number of carbonyl (C=O) groups excluding carboxylic acids is 2. The van der Waals surface area contributed by atoms with Crippen molar-refractivity contribution in [1.82, 2.24) is 20.3 Å². The van der Waals surface area contributed by atoms with E-state index in [0.29, 0.717) is 5.69 Å². The number of hydrogen-bond donors (Lipinski definition) is 2. The average Bonchev–Trinajstić information content (AvgIpc) is 2.99. The van der Waals surface area contributed by atoms with E-state index in [-0.39, 0.29) is 17.0 Å². The fourth-order valence-corrected chi connectivity index (χ4v) is 1.95. The first kappa shape index (κ1) is 15.0. The Morgan fingerprint density at radius 3 is 2.86 bits per heavy atom. The quantitative estimate of drug-likeness (QED) is 0.802. The monoisotopic (exact) mass is 308 g/mol. The molecule has 1 amide bonds. The van der Waals surface area contributed by atoms with Crippen molar-refractivity contribution in [1.29, 1.82) is 0 Å². The highest BCUT2D eigenvalue weighted by Gasteiger charge is 2.24. The number of hydrogen-bond acceptors (Lipinski definition) is 5. The van der Waals surface area contributed by atoms with Gasteiger partial charge >= 0.3 is 5.97 Å². The second-order valence-corrected chi connectivity index (χ2v) is 4.59. The Kier molecular flexibility index (Phi) is 4.89. The maximum atomic E-state index is 12.2. The molecule has 0 unspecified atom stereocenters. The number of H-pyrrole nitrogens is 1. The van der Waals surface area contributed by atoms with Crippen LogP contribution in [-0.2, 0) is 16.0 Å². The predicted molar refractivity (Wildman–Crippen MR) is 74.8 cm³/mol. The predicted octanol–water partition coefficient (Wildman–Crippen LogP) is 0.972. The smallest absolute Gasteiger partial charge is 0.328 e. The summed E-state index contributed by atoms with van der Waals surface area (Å²) in [6, 6.07) is 0.634. The zero-order valence-corrected chi connectivity index (χ0v) is 11.9. The van der Waals surface area contributed by atoms with Gasteiger partial charge in [-0.25, -0.2) is 9.78 Å². The van der Waals surface area contributed by atoms with Gasteiger partial charge in [0.2, 0.25) is 0 Å². The molecular formula is C13H13ClN4O3. The number of ether oxygens (including phenoxy) is 1. The standard InChI is InChI=1S/C13H13ClN4O3/c1-21-13(20)11(4-8-5-16-7-17-8)18-12(19)9-2-3-15-6-10(9)14/h2-3,5-7,11H,4H2,1H3,(H,16,17)(H,18,19)/t11-/m0/s1. The van der Waals surface area contributed by atoms with Gasteiger partial charge in [0.15, 0.2) is 0 Å². The molecular weight excluding hydrogens is 296 g/mol. The Bertz CT molecular complexity index is 630. The topological polar surface area (TPSA) is 97.0 Å². The summed E-state index contributed by atoms with van der Waals surface area (Å²) < 4.78 is 4.69. The lowest BCUT2D eigenvalue weighted by atomic mass is 10.1. The molecule has 0 radical (unpaired) electrons. The van der Waals surface area contributed by atoms with Crippen molar-refractivity contribution in [3.05, 3.63) is 47.3 Å². The van der Waals surface area contributed by atoms with Crippen LogP contribution in [0, 0.1) is 0 Å². The van der Waals surface area contributed by atoms with Crippen molar-refractivity contribution in [3.63, 3.8) is 0 Å². The lowest BCUT2D eigenvalue weighted by Gasteiger charge is -2.16. The SMILES string of the molecule is COC(=O)[C@H](Cc1cnc[nH]1)NC(=O)c1ccncc1Cl. The van der Waals surface area contributed by atoms with E-state index in [4.69, 9.17) is 16.3 Å². The van der Waals surface area contributed by atoms with Crippen LogP contribution in [0.1, 0.15) is 16.1 Å². The summed E-state index contributed by atoms with van der Waals surface area (Å²) in [7, 11) is 1.26. The fraction of sp³-hybridized carbons (Fsp3) is 0.231. The number of methoxy groups -OCH3 is 1. The number of carbonyl (C=O) groups is 2. The zero-order chi connectivity index (χ0) is 15.2. The average molecular weight is 309 g/mol. The molecule has 7 nitrogen and oxygen atoms in total. The van der Waals surface area contributed by atoms with Crippen molar-refractivity contribution >= 4 is 23.5 Å². The van der Waals surface area contributed by atoms with Crippen LogP contribution < -0.4 is 5.32 Å². The van der Waals surface area contributed by atoms with Gasteiger partial charge in [0.25, 0.3) is 5.91 Å². The number of aromatic nitrogens is 3. The summed E-state index contributed by atoms with van der Waals surface area (Å²) >= 11 is 5.90. The molecule has 0 spiro atoms. The van der Waals surface area contributed by atoms with Crippen molar-refractivity contribution in [2.45, 2.75) is 12.5 Å². The number of imidazole rings is 1. The van der Waals surface area contributed by atoms with E-state index in [2.05, 4.69) is 20.3 Å². The van der Waals surface area contributed by atoms with Crippen LogP contribution in [0.5, 0.6) is 0 Å². The maximum Gasteiger partial charge on any atom is 0.328 e. The molecule has 21 heavy (non-hydrogen) atoms. The van der Waals surface area contributed by atoms with Gasteiger partial charge in [0.1, 0.15) is 6.04 Å². The second kappa shape index (κ2) is 6.85. The Hall–Kier alpha value is -2.41. The van der Waals surface area contributed by atoms with Gasteiger partial charge in [-0.15, -0.1) is 0 Å². The van der Waals surface area contributed by atoms with Gasteiger partial charge < -0.3 is 15.0 Å². The maximum absolute atomic E-state index is 12.2. The first-order chi connectivity index (χ1) is 10.1. The summed E-state index contributed by atoms with van der Waals surface area (Å²) in [6.45, 7) is 0. The van der Waals surface area contributed by atoms with Crippen LogP contribution in [0.25, 0.3) is 0 Å². The number of halogens is 1. The van der Waals surface area contributed by atoms with E-state index in [1.54, 1.807) is 6.20 Å². The van der Waals surface area contributed by atoms with Crippen LogP contribution in [0.15, 0.2) is 31.0 Å². The molecule has 8 heteroatoms. The van der Waals surface area contributed by atoms with Crippen LogP contribution in [-0.4, -0.2) is 40.0 Å². The fourth-order valence-electron chi connectivity index (χ4n) is 1.75. The number of pyridine rings is 1. The van der Waals surface area contributed by atoms with Crippen LogP contribution in [0.2, 0.25) is 5.02 Å². The van der Waals surface area contributed by atoms with Crippen LogP contribution in [0.3, 0.4) is 0 Å². The normalized spacial score (nSPS) is 11.7. The van der Waals surface area contributed by atoms with Crippen LogP contribution >= 0.6 is 11.6 Å². The number of aromatic amines is 1. The zero-order valence-electron chi connectivity index (χ0n) is 11.2. The first-order valence-corrected chi connectivity index (χ1v) is 6.45. The largest absolute Gasteiger partial charge is 0.467 e. The molecule has 0 aliphatic carbocycles. The molecule has 0 saturated carbocycles. The van der Waals surface area contributed by atoms with Crippen LogP contribution in [0.4, 0.5) is 0 Å². The van der Waals surface area contributed by atoms with Gasteiger partial charge in [-0.3, -0.25) is 9.78 Å². The molecule has 2 N–H and O–H groups in total. The third-order valence-corrected chi connectivity index (χ3v) is 3.09. The Morgan fingerprint density at radius 1 is 1.43 bits per heavy atom. The number of nitrogens with one attached hydrogen (secondary N) is 2. The summed E-state index contributed by atoms with van der Waals surface area (Å²) in [6.07, 6.45) is 6.11. The molecule has 0 aliphatic rings. The van der Waals surface area contributed by atoms with Gasteiger partial charge in [-0.1, -0.05) is 11.6 Å². The van der Waals surface area contributed by atoms with Crippen molar-refractivity contribution in [3.8, 4) is 0 Å². The summed E-state index contributed by atoms with van der Waals surface area (Å²) in [4.78, 5) is 34.5. The minimum atomic E-state index is -0.841. The molecule has 2 aromatic rings. The van der Waals surface area contributed by atoms with Crippen molar-refractivity contribution in [2.24, 2.45) is 0 Å². The number of esters is 1. The van der Waals surface area contributed by atoms with Gasteiger partial charge in [0.05, 0.1) is 24.0 Å². The first-order valence-electron chi connectivity index (χ1n) is 6.07. The number of rotatable bonds is 5. The molecule has 2 rings (SSSR count). The van der Waals surface area contributed by atoms with E-state index in [0.717, 1.165) is 0 Å². The van der Waals surface area contributed by atoms with Gasteiger partial charge in [-0.05, 0) is 6.07 Å². The number of amides is 1. The minimum absolute atomic E-state index is 0.208. The molecule has 0 saturated heterocycles. The lowest BCUT2D eigenvalue weighted by Crippen LogP contribution is -2.43. The Morgan fingerprint density at radius 2 is 2.24 bits per heavy atom. The lowest BCUT2D eigenvalue weighted by molar-refractivity contribution is -0.142. The van der Waals surface area contributed by atoms with Gasteiger partial charge in [-0.2, -0.15) is 0 Å². The van der Waals surface area contributed by atoms with Crippen molar-refractivity contribution < 1.29 is 14.3 Å². The molecule has 0 bridgehead atoms. The molecule has 1 atom stereocenters. The molecule has 0 fully saturated rings. The highest BCUT2D eigenvalue weighted by atomic mass is 35.5. The highest BCUT2D eigenvalue weighted by Crippen LogP contribution is 2.13.